The molecule has 0 spiro atoms. The molecule has 0 aliphatic carbocycles. The number of H-pyrrole nitrogens is 4. The van der Waals surface area contributed by atoms with Crippen molar-refractivity contribution < 1.29 is 94.6 Å². The number of ether oxygens (including phenoxy) is 6. The van der Waals surface area contributed by atoms with E-state index in [1.165, 1.54) is 77.0 Å². The Morgan fingerprint density at radius 2 is 0.752 bits per heavy atom. The van der Waals surface area contributed by atoms with Crippen molar-refractivity contribution >= 4 is 11.4 Å². The SMILES string of the molecule is COc1ccc(Cn2cc([C@@H]3O[C@H](CO)[C@@H](O)[C@H]3O)c(=O)[nH]c2=O)cc1OC.Cc1cc(C)c(Cn2cc([C@@H]3O[C@H](CO)[C@@H](O)[C@H]3O)c(=O)[nH]c2=O)c(C)c1.O=c1[nH]c(=O)n(Cc2ccc([N+](=O)[O-])cc2)cc1[C@@H]1O[C@H](CO)[C@@H](O)[C@H]1O.[N-]=[N+]=Nc1ccc(Cn2cc([C@@H]3O[C@H](CO)[C@@H](O)[C@H]3O)c(=O)[nH]c2=O)cc1. The maximum Gasteiger partial charge on any atom is 0.328 e. The zero-order valence-corrected chi connectivity index (χ0v) is 58.7. The first-order valence-electron chi connectivity index (χ1n) is 33.4. The number of nitro groups is 1. The standard InChI is InChI=1S/C19H24N2O6.C18H22N2O8.C16H17N5O6.C16H17N3O8/c1-9-4-10(2)12(11(3)5-9)6-21-7-13(18(25)20-19(21)26)17-16(24)15(23)14(8-22)27-17;1-26-11-4-3-9(5-12(11)27-2)6-20-7-10(17(24)19-18(20)25)16-15(23)14(22)13(8-21)28-16;17-20-19-9-3-1-8(2-4-9)5-21-6-10(15(25)18-16(21)26)14-13(24)12(23)11(7-22)27-14;20-7-11-12(21)13(22)14(27-11)10-6-18(16(24)17-15(10)23)5-8-1-3-9(4-2-8)19(25)26/h4-5,7,14-17,22-24H,6,8H2,1-3H3,(H,20,25,26);3-5,7,13-16,21-23H,6,8H2,1-2H3,(H,19,24,25);1-4,6,11-14,22-24H,5,7H2,(H,18,25,26);1-4,6,11-14,20-22H,5,7H2,(H,17,23,24)/t14-,15-,16-,17+;13-,14-,15-,16+;2*11-,12-,13-,14+/m1111/s1. The molecule has 0 saturated carbocycles. The first-order chi connectivity index (χ1) is 51.9. The van der Waals surface area contributed by atoms with E-state index >= 15 is 0 Å². The van der Waals surface area contributed by atoms with Crippen LogP contribution in [0.2, 0.25) is 0 Å². The van der Waals surface area contributed by atoms with Crippen molar-refractivity contribution in [2.45, 2.75) is 145 Å². The van der Waals surface area contributed by atoms with Crippen molar-refractivity contribution in [2.24, 2.45) is 5.11 Å². The van der Waals surface area contributed by atoms with Crippen molar-refractivity contribution in [3.8, 4) is 11.5 Å². The van der Waals surface area contributed by atoms with Crippen molar-refractivity contribution in [1.82, 2.24) is 38.2 Å². The Morgan fingerprint density at radius 3 is 1.05 bits per heavy atom. The first-order valence-corrected chi connectivity index (χ1v) is 33.4. The second kappa shape index (κ2) is 36.0. The average molecular weight is 1530 g/mol. The summed E-state index contributed by atoms with van der Waals surface area (Å²) in [5.74, 6) is 1.02. The highest BCUT2D eigenvalue weighted by Gasteiger charge is 2.48. The summed E-state index contributed by atoms with van der Waals surface area (Å²) in [4.78, 5) is 119. The van der Waals surface area contributed by atoms with Gasteiger partial charge in [-0.1, -0.05) is 65.3 Å². The van der Waals surface area contributed by atoms with Gasteiger partial charge in [0.1, 0.15) is 97.7 Å². The van der Waals surface area contributed by atoms with Crippen molar-refractivity contribution in [3.63, 3.8) is 0 Å². The number of azide groups is 1. The third kappa shape index (κ3) is 18.7. The third-order valence-electron chi connectivity index (χ3n) is 18.5. The summed E-state index contributed by atoms with van der Waals surface area (Å²) < 4.78 is 36.9. The molecule has 8 heterocycles. The minimum absolute atomic E-state index is 0.00933. The normalized spacial score (nSPS) is 24.7. The smallest absolute Gasteiger partial charge is 0.328 e. The molecule has 4 fully saturated rings. The van der Waals surface area contributed by atoms with Crippen LogP contribution in [0, 0.1) is 30.9 Å². The van der Waals surface area contributed by atoms with Crippen LogP contribution in [0.3, 0.4) is 0 Å². The fraction of sp³-hybridized carbons (Fsp3) is 0.420. The molecule has 12 rings (SSSR count). The van der Waals surface area contributed by atoms with Gasteiger partial charge in [0.15, 0.2) is 11.5 Å². The van der Waals surface area contributed by atoms with E-state index in [-0.39, 0.29) is 54.1 Å². The number of aromatic nitrogens is 8. The number of aliphatic hydroxyl groups excluding tert-OH is 12. The van der Waals surface area contributed by atoms with E-state index in [0.717, 1.165) is 26.8 Å². The van der Waals surface area contributed by atoms with Crippen molar-refractivity contribution in [2.75, 3.05) is 40.6 Å². The van der Waals surface area contributed by atoms with Gasteiger partial charge in [-0.15, -0.1) is 0 Å². The van der Waals surface area contributed by atoms with Crippen molar-refractivity contribution in [1.29, 1.82) is 0 Å². The van der Waals surface area contributed by atoms with E-state index < -0.39 is 174 Å². The Morgan fingerprint density at radius 1 is 0.450 bits per heavy atom. The van der Waals surface area contributed by atoms with Crippen LogP contribution in [0.25, 0.3) is 10.4 Å². The maximum atomic E-state index is 12.3. The molecule has 4 aliphatic heterocycles. The van der Waals surface area contributed by atoms with Gasteiger partial charge in [0, 0.05) is 47.5 Å². The van der Waals surface area contributed by atoms with Gasteiger partial charge < -0.3 is 89.7 Å². The van der Waals surface area contributed by atoms with E-state index in [9.17, 15) is 105 Å². The predicted molar refractivity (Wildman–Crippen MR) is 377 cm³/mol. The lowest BCUT2D eigenvalue weighted by molar-refractivity contribution is -0.384. The number of aryl methyl sites for hydroxylation is 3. The van der Waals surface area contributed by atoms with E-state index in [1.54, 1.807) is 42.5 Å². The number of nitrogens with zero attached hydrogens (tertiary/aromatic N) is 8. The second-order valence-corrected chi connectivity index (χ2v) is 25.8. The summed E-state index contributed by atoms with van der Waals surface area (Å²) in [5.41, 5.74) is 9.19. The molecule has 4 aliphatic rings. The van der Waals surface area contributed by atoms with Gasteiger partial charge >= 0.3 is 22.8 Å². The van der Waals surface area contributed by atoms with E-state index in [4.69, 9.17) is 39.1 Å². The fourth-order valence-electron chi connectivity index (χ4n) is 12.7. The first kappa shape index (κ1) is 82.3. The monoisotopic (exact) mass is 1520 g/mol. The Balaban J connectivity index is 0.000000167. The van der Waals surface area contributed by atoms with Gasteiger partial charge in [-0.05, 0) is 71.8 Å². The number of rotatable bonds is 20. The van der Waals surface area contributed by atoms with Gasteiger partial charge in [0.2, 0.25) is 0 Å². The van der Waals surface area contributed by atoms with E-state index in [1.807, 2.05) is 32.9 Å². The Labute approximate surface area is 612 Å². The zero-order chi connectivity index (χ0) is 79.6. The molecule has 0 unspecified atom stereocenters. The number of aromatic amines is 4. The summed E-state index contributed by atoms with van der Waals surface area (Å²) in [7, 11) is 3.00. The van der Waals surface area contributed by atoms with Gasteiger partial charge in [-0.3, -0.25) is 67.5 Å². The fourth-order valence-corrected chi connectivity index (χ4v) is 12.7. The highest BCUT2D eigenvalue weighted by atomic mass is 16.6. The summed E-state index contributed by atoms with van der Waals surface area (Å²) >= 11 is 0. The molecule has 0 bridgehead atoms. The number of hydrogen-bond acceptors (Lipinski definition) is 29. The molecule has 584 valence electrons. The van der Waals surface area contributed by atoms with Gasteiger partial charge in [0.25, 0.3) is 27.9 Å². The number of nitrogens with one attached hydrogen (secondary N) is 4. The maximum absolute atomic E-state index is 12.3. The quantitative estimate of drug-likeness (QED) is 0.0117. The van der Waals surface area contributed by atoms with Gasteiger partial charge in [-0.25, -0.2) is 19.2 Å². The Hall–Kier alpha value is -10.7. The molecule has 8 aromatic rings. The molecule has 16 atom stereocenters. The van der Waals surface area contributed by atoms with Crippen LogP contribution in [-0.4, -0.2) is 218 Å². The highest BCUT2D eigenvalue weighted by Crippen LogP contribution is 2.36. The molecule has 4 aromatic heterocycles. The summed E-state index contributed by atoms with van der Waals surface area (Å²) in [6.45, 7) is 4.30. The summed E-state index contributed by atoms with van der Waals surface area (Å²) in [6.07, 6.45) is -14.8. The molecule has 16 N–H and O–H groups in total. The molecule has 4 saturated heterocycles. The highest BCUT2D eigenvalue weighted by molar-refractivity contribution is 5.43. The number of hydrogen-bond donors (Lipinski definition) is 16. The largest absolute Gasteiger partial charge is 0.493 e. The number of methoxy groups -OCH3 is 2. The molecule has 40 nitrogen and oxygen atoms in total. The van der Waals surface area contributed by atoms with Crippen LogP contribution >= 0.6 is 0 Å². The van der Waals surface area contributed by atoms with Gasteiger partial charge in [-0.2, -0.15) is 0 Å². The number of non-ortho nitro benzene ring substituents is 1. The lowest BCUT2D eigenvalue weighted by Crippen LogP contribution is -2.36. The zero-order valence-electron chi connectivity index (χ0n) is 58.7. The van der Waals surface area contributed by atoms with Crippen LogP contribution in [-0.2, 0) is 45.1 Å². The van der Waals surface area contributed by atoms with Crippen molar-refractivity contribution in [3.05, 3.63) is 269 Å². The lowest BCUT2D eigenvalue weighted by Gasteiger charge is -2.17. The van der Waals surface area contributed by atoms with Gasteiger partial charge in [0.05, 0.1) is 94.0 Å². The topological polar surface area (TPSA) is 609 Å². The van der Waals surface area contributed by atoms with Crippen LogP contribution in [0.4, 0.5) is 11.4 Å². The Bertz CT molecular complexity index is 4940. The van der Waals surface area contributed by atoms with E-state index in [0.29, 0.717) is 33.9 Å². The molecule has 40 heteroatoms. The predicted octanol–water partition coefficient (Wildman–Crippen LogP) is -3.25. The lowest BCUT2D eigenvalue weighted by atomic mass is 9.99. The van der Waals surface area contributed by atoms with Crippen LogP contribution in [0.15, 0.2) is 147 Å². The van der Waals surface area contributed by atoms with E-state index in [2.05, 4.69) is 30.0 Å². The average Bonchev–Trinajstić information content (AvgIpc) is 1.73. The third-order valence-corrected chi connectivity index (χ3v) is 18.5. The number of aliphatic hydroxyl groups is 12. The number of benzene rings is 4. The molecule has 109 heavy (non-hydrogen) atoms. The molecule has 4 aromatic carbocycles. The minimum atomic E-state index is -1.45. The van der Waals surface area contributed by atoms with Crippen LogP contribution in [0.5, 0.6) is 11.5 Å². The minimum Gasteiger partial charge on any atom is -0.493 e. The van der Waals surface area contributed by atoms with Crippen LogP contribution < -0.4 is 54.5 Å². The molecular formula is C69H80N12O28. The summed E-state index contributed by atoms with van der Waals surface area (Å²) in [5, 5.41) is 131. The molecule has 0 amide bonds. The second-order valence-electron chi connectivity index (χ2n) is 25.8. The summed E-state index contributed by atoms with van der Waals surface area (Å²) in [6, 6.07) is 21.2. The Kier molecular flexibility index (Phi) is 27.2. The van der Waals surface area contributed by atoms with Crippen LogP contribution in [0.1, 0.15) is 85.6 Å². The molecule has 0 radical (unpaired) electrons. The molecular weight excluding hydrogens is 1440 g/mol. The number of nitro benzene ring substituents is 1.